The van der Waals surface area contributed by atoms with Crippen molar-refractivity contribution in [1.82, 2.24) is 9.88 Å². The number of pyridine rings is 1. The molecule has 32 heavy (non-hydrogen) atoms. The van der Waals surface area contributed by atoms with Crippen LogP contribution in [-0.2, 0) is 9.59 Å². The van der Waals surface area contributed by atoms with Gasteiger partial charge in [0.05, 0.1) is 5.52 Å². The minimum atomic E-state index is -0.494. The second-order valence-electron chi connectivity index (χ2n) is 8.06. The van der Waals surface area contributed by atoms with Gasteiger partial charge in [0.1, 0.15) is 5.75 Å². The molecule has 6 heteroatoms. The first-order valence-corrected chi connectivity index (χ1v) is 10.9. The Morgan fingerprint density at radius 1 is 1.06 bits per heavy atom. The molecule has 1 unspecified atom stereocenters. The van der Waals surface area contributed by atoms with Gasteiger partial charge in [-0.15, -0.1) is 0 Å². The summed E-state index contributed by atoms with van der Waals surface area (Å²) >= 11 is 0. The summed E-state index contributed by atoms with van der Waals surface area (Å²) in [5.41, 5.74) is 5.48. The summed E-state index contributed by atoms with van der Waals surface area (Å²) < 4.78 is 6.02. The number of aryl methyl sites for hydroxylation is 2. The maximum Gasteiger partial charge on any atom is 0.290 e. The van der Waals surface area contributed by atoms with Gasteiger partial charge in [0.25, 0.3) is 12.4 Å². The van der Waals surface area contributed by atoms with Crippen LogP contribution in [0.1, 0.15) is 37.4 Å². The molecule has 1 aliphatic rings. The van der Waals surface area contributed by atoms with Crippen LogP contribution in [0.5, 0.6) is 5.75 Å². The lowest BCUT2D eigenvalue weighted by Gasteiger charge is -2.29. The average molecular weight is 435 g/mol. The average Bonchev–Trinajstić information content (AvgIpc) is 2.79. The molecule has 1 saturated heterocycles. The molecule has 2 aromatic carbocycles. The zero-order chi connectivity index (χ0) is 23.1. The summed E-state index contributed by atoms with van der Waals surface area (Å²) in [6.07, 6.45) is 2.88. The van der Waals surface area contributed by atoms with Crippen LogP contribution in [0.15, 0.2) is 48.5 Å². The number of piperidine rings is 1. The van der Waals surface area contributed by atoms with Crippen molar-refractivity contribution >= 4 is 23.3 Å². The second kappa shape index (κ2) is 10.8. The Bertz CT molecular complexity index is 1090. The SMILES string of the molecule is Cc1cc(-c2ccccc2C)c2ccc(OC(C)C(=O)N3CCCCC3)cc2n1.O=CO. The van der Waals surface area contributed by atoms with E-state index < -0.39 is 6.10 Å². The molecule has 3 aromatic rings. The van der Waals surface area contributed by atoms with Crippen LogP contribution in [-0.4, -0.2) is 46.6 Å². The van der Waals surface area contributed by atoms with Gasteiger partial charge in [-0.25, -0.2) is 0 Å². The first kappa shape index (κ1) is 23.3. The van der Waals surface area contributed by atoms with Crippen molar-refractivity contribution in [3.8, 4) is 16.9 Å². The fourth-order valence-corrected chi connectivity index (χ4v) is 4.14. The van der Waals surface area contributed by atoms with E-state index in [4.69, 9.17) is 19.6 Å². The highest BCUT2D eigenvalue weighted by Crippen LogP contribution is 2.32. The molecular formula is C26H30N2O4. The highest BCUT2D eigenvalue weighted by Gasteiger charge is 2.23. The number of amides is 1. The Kier molecular flexibility index (Phi) is 7.82. The van der Waals surface area contributed by atoms with Gasteiger partial charge in [-0.3, -0.25) is 14.6 Å². The lowest BCUT2D eigenvalue weighted by Crippen LogP contribution is -2.43. The predicted molar refractivity (Wildman–Crippen MR) is 126 cm³/mol. The van der Waals surface area contributed by atoms with E-state index in [0.717, 1.165) is 42.5 Å². The number of carbonyl (C=O) groups is 2. The van der Waals surface area contributed by atoms with Gasteiger partial charge in [0.2, 0.25) is 0 Å². The fraction of sp³-hybridized carbons (Fsp3) is 0.346. The molecule has 6 nitrogen and oxygen atoms in total. The van der Waals surface area contributed by atoms with Gasteiger partial charge < -0.3 is 14.7 Å². The Hall–Kier alpha value is -3.41. The number of aromatic nitrogens is 1. The third-order valence-corrected chi connectivity index (χ3v) is 5.67. The van der Waals surface area contributed by atoms with Crippen molar-refractivity contribution in [1.29, 1.82) is 0 Å². The molecule has 4 rings (SSSR count). The van der Waals surface area contributed by atoms with Crippen molar-refractivity contribution in [3.05, 3.63) is 59.8 Å². The van der Waals surface area contributed by atoms with Crippen LogP contribution in [0.4, 0.5) is 0 Å². The maximum absolute atomic E-state index is 12.7. The highest BCUT2D eigenvalue weighted by molar-refractivity contribution is 5.96. The van der Waals surface area contributed by atoms with Crippen molar-refractivity contribution in [2.24, 2.45) is 0 Å². The number of hydrogen-bond donors (Lipinski definition) is 1. The van der Waals surface area contributed by atoms with E-state index >= 15 is 0 Å². The van der Waals surface area contributed by atoms with Crippen molar-refractivity contribution in [2.45, 2.75) is 46.1 Å². The molecule has 1 amide bonds. The second-order valence-corrected chi connectivity index (χ2v) is 8.06. The number of ether oxygens (including phenoxy) is 1. The van der Waals surface area contributed by atoms with Crippen LogP contribution >= 0.6 is 0 Å². The summed E-state index contributed by atoms with van der Waals surface area (Å²) in [7, 11) is 0. The van der Waals surface area contributed by atoms with E-state index in [0.29, 0.717) is 5.75 Å². The summed E-state index contributed by atoms with van der Waals surface area (Å²) in [4.78, 5) is 27.7. The molecular weight excluding hydrogens is 404 g/mol. The molecule has 2 heterocycles. The topological polar surface area (TPSA) is 79.7 Å². The van der Waals surface area contributed by atoms with E-state index in [-0.39, 0.29) is 12.4 Å². The molecule has 168 valence electrons. The van der Waals surface area contributed by atoms with Crippen LogP contribution in [0.25, 0.3) is 22.0 Å². The van der Waals surface area contributed by atoms with Crippen LogP contribution in [0.3, 0.4) is 0 Å². The summed E-state index contributed by atoms with van der Waals surface area (Å²) in [5, 5.41) is 7.98. The smallest absolute Gasteiger partial charge is 0.290 e. The van der Waals surface area contributed by atoms with Crippen LogP contribution in [0, 0.1) is 13.8 Å². The van der Waals surface area contributed by atoms with E-state index in [1.165, 1.54) is 23.1 Å². The molecule has 1 aliphatic heterocycles. The molecule has 0 radical (unpaired) electrons. The maximum atomic E-state index is 12.7. The zero-order valence-electron chi connectivity index (χ0n) is 18.9. The third-order valence-electron chi connectivity index (χ3n) is 5.67. The van der Waals surface area contributed by atoms with Gasteiger partial charge in [-0.1, -0.05) is 24.3 Å². The first-order valence-electron chi connectivity index (χ1n) is 10.9. The van der Waals surface area contributed by atoms with Gasteiger partial charge in [0, 0.05) is 30.2 Å². The zero-order valence-corrected chi connectivity index (χ0v) is 18.9. The lowest BCUT2D eigenvalue weighted by atomic mass is 9.96. The molecule has 0 spiro atoms. The molecule has 0 bridgehead atoms. The number of hydrogen-bond acceptors (Lipinski definition) is 4. The number of nitrogens with zero attached hydrogens (tertiary/aromatic N) is 2. The fourth-order valence-electron chi connectivity index (χ4n) is 4.14. The third kappa shape index (κ3) is 5.44. The predicted octanol–water partition coefficient (Wildman–Crippen LogP) is 5.00. The van der Waals surface area contributed by atoms with Gasteiger partial charge >= 0.3 is 0 Å². The van der Waals surface area contributed by atoms with Gasteiger partial charge in [0.15, 0.2) is 6.10 Å². The lowest BCUT2D eigenvalue weighted by molar-refractivity contribution is -0.138. The Morgan fingerprint density at radius 2 is 1.75 bits per heavy atom. The Labute approximate surface area is 188 Å². The van der Waals surface area contributed by atoms with E-state index in [1.54, 1.807) is 0 Å². The van der Waals surface area contributed by atoms with Crippen molar-refractivity contribution in [3.63, 3.8) is 0 Å². The van der Waals surface area contributed by atoms with Crippen LogP contribution in [0.2, 0.25) is 0 Å². The van der Waals surface area contributed by atoms with Gasteiger partial charge in [-0.2, -0.15) is 0 Å². The highest BCUT2D eigenvalue weighted by atomic mass is 16.5. The molecule has 1 aromatic heterocycles. The standard InChI is InChI=1S/C25H28N2O2.CH2O2/c1-17-9-5-6-10-21(17)23-15-18(2)26-24-16-20(11-12-22(23)24)29-19(3)25(28)27-13-7-4-8-14-27;2-1-3/h5-6,9-12,15-16,19H,4,7-8,13-14H2,1-3H3;1H,(H,2,3). The largest absolute Gasteiger partial charge is 0.483 e. The van der Waals surface area contributed by atoms with Crippen LogP contribution < -0.4 is 4.74 Å². The first-order chi connectivity index (χ1) is 15.4. The van der Waals surface area contributed by atoms with E-state index in [1.807, 2.05) is 30.9 Å². The van der Waals surface area contributed by atoms with E-state index in [9.17, 15) is 4.79 Å². The molecule has 1 fully saturated rings. The quantitative estimate of drug-likeness (QED) is 0.585. The number of carbonyl (C=O) groups excluding carboxylic acids is 1. The Balaban J connectivity index is 0.000000913. The number of rotatable bonds is 4. The molecule has 1 N–H and O–H groups in total. The number of benzene rings is 2. The molecule has 0 aliphatic carbocycles. The minimum absolute atomic E-state index is 0.0718. The molecule has 1 atom stereocenters. The number of fused-ring (bicyclic) bond motifs is 1. The van der Waals surface area contributed by atoms with Crippen molar-refractivity contribution < 1.29 is 19.4 Å². The normalized spacial score (nSPS) is 14.3. The summed E-state index contributed by atoms with van der Waals surface area (Å²) in [6, 6.07) is 16.5. The van der Waals surface area contributed by atoms with Gasteiger partial charge in [-0.05, 0) is 74.9 Å². The monoisotopic (exact) mass is 434 g/mol. The van der Waals surface area contributed by atoms with Crippen molar-refractivity contribution in [2.75, 3.05) is 13.1 Å². The molecule has 0 saturated carbocycles. The van der Waals surface area contributed by atoms with E-state index in [2.05, 4.69) is 43.3 Å². The number of likely N-dealkylation sites (tertiary alicyclic amines) is 1. The number of carboxylic acid groups (broad SMARTS) is 1. The minimum Gasteiger partial charge on any atom is -0.483 e. The summed E-state index contributed by atoms with van der Waals surface area (Å²) in [5.74, 6) is 0.756. The summed E-state index contributed by atoms with van der Waals surface area (Å²) in [6.45, 7) is 7.40. The Morgan fingerprint density at radius 3 is 2.44 bits per heavy atom.